The minimum Gasteiger partial charge on any atom is -0.348 e. The molecule has 0 bridgehead atoms. The molecule has 2 atom stereocenters. The highest BCUT2D eigenvalue weighted by atomic mass is 32.1. The molecule has 1 aromatic heterocycles. The summed E-state index contributed by atoms with van der Waals surface area (Å²) in [5.74, 6) is 0.839. The average molecular weight is 251 g/mol. The molecule has 2 aliphatic heterocycles. The Kier molecular flexibility index (Phi) is 3.34. The number of hydrogen-bond donors (Lipinski definition) is 1. The smallest absolute Gasteiger partial charge is 0.185 e. The zero-order valence-corrected chi connectivity index (χ0v) is 11.3. The lowest BCUT2D eigenvalue weighted by Gasteiger charge is -2.41. The van der Waals surface area contributed by atoms with Crippen molar-refractivity contribution < 1.29 is 0 Å². The van der Waals surface area contributed by atoms with Crippen LogP contribution in [-0.4, -0.2) is 30.7 Å². The van der Waals surface area contributed by atoms with Crippen molar-refractivity contribution in [1.29, 1.82) is 0 Å². The van der Waals surface area contributed by atoms with E-state index in [1.54, 1.807) is 0 Å². The van der Waals surface area contributed by atoms with E-state index in [0.29, 0.717) is 0 Å². The number of aromatic nitrogens is 1. The first-order valence-corrected chi connectivity index (χ1v) is 7.67. The molecule has 2 fully saturated rings. The lowest BCUT2D eigenvalue weighted by atomic mass is 9.86. The molecule has 1 aromatic rings. The Hall–Kier alpha value is -0.610. The molecule has 0 saturated carbocycles. The predicted octanol–water partition coefficient (Wildman–Crippen LogP) is 2.28. The summed E-state index contributed by atoms with van der Waals surface area (Å²) >= 11 is 1.81. The van der Waals surface area contributed by atoms with Gasteiger partial charge in [-0.05, 0) is 38.1 Å². The lowest BCUT2D eigenvalue weighted by Crippen LogP contribution is -2.52. The third-order valence-corrected chi connectivity index (χ3v) is 5.01. The molecule has 0 aliphatic carbocycles. The molecule has 2 aliphatic rings. The highest BCUT2D eigenvalue weighted by Gasteiger charge is 2.31. The van der Waals surface area contributed by atoms with Gasteiger partial charge < -0.3 is 10.2 Å². The molecule has 0 spiro atoms. The van der Waals surface area contributed by atoms with Gasteiger partial charge in [-0.1, -0.05) is 6.92 Å². The van der Waals surface area contributed by atoms with Gasteiger partial charge in [-0.2, -0.15) is 0 Å². The van der Waals surface area contributed by atoms with E-state index in [2.05, 4.69) is 22.5 Å². The molecule has 0 radical (unpaired) electrons. The fourth-order valence-corrected chi connectivity index (χ4v) is 3.97. The molecule has 2 unspecified atom stereocenters. The van der Waals surface area contributed by atoms with Crippen molar-refractivity contribution in [3.05, 3.63) is 11.1 Å². The second-order valence-corrected chi connectivity index (χ2v) is 6.01. The van der Waals surface area contributed by atoms with E-state index in [-0.39, 0.29) is 0 Å². The molecule has 17 heavy (non-hydrogen) atoms. The van der Waals surface area contributed by atoms with Gasteiger partial charge in [0, 0.05) is 24.5 Å². The van der Waals surface area contributed by atoms with Crippen LogP contribution in [0, 0.1) is 5.92 Å². The Balaban J connectivity index is 1.68. The highest BCUT2D eigenvalue weighted by molar-refractivity contribution is 7.13. The third kappa shape index (κ3) is 2.33. The quantitative estimate of drug-likeness (QED) is 0.874. The first-order valence-electron chi connectivity index (χ1n) is 6.79. The Morgan fingerprint density at radius 2 is 2.47 bits per heavy atom. The Bertz CT molecular complexity index is 376. The fraction of sp³-hybridized carbons (Fsp3) is 0.769. The monoisotopic (exact) mass is 251 g/mol. The van der Waals surface area contributed by atoms with Crippen molar-refractivity contribution in [2.45, 2.75) is 38.6 Å². The molecule has 1 N–H and O–H groups in total. The number of rotatable bonds is 2. The first kappa shape index (κ1) is 11.5. The van der Waals surface area contributed by atoms with Gasteiger partial charge in [0.15, 0.2) is 5.13 Å². The van der Waals surface area contributed by atoms with Crippen LogP contribution in [0.5, 0.6) is 0 Å². The Morgan fingerprint density at radius 1 is 1.53 bits per heavy atom. The highest BCUT2D eigenvalue weighted by Crippen LogP contribution is 2.30. The molecule has 3 nitrogen and oxygen atoms in total. The van der Waals surface area contributed by atoms with Gasteiger partial charge in [0.25, 0.3) is 0 Å². The maximum atomic E-state index is 4.71. The van der Waals surface area contributed by atoms with Crippen LogP contribution in [0.15, 0.2) is 5.38 Å². The topological polar surface area (TPSA) is 28.2 Å². The average Bonchev–Trinajstić information content (AvgIpc) is 2.87. The molecule has 0 amide bonds. The standard InChI is InChI=1S/C13H21N3S/c1-2-11-9-17-13(15-11)16-7-5-12-10(8-16)4-3-6-14-12/h9-10,12,14H,2-8H2,1H3. The maximum Gasteiger partial charge on any atom is 0.185 e. The Morgan fingerprint density at radius 3 is 3.29 bits per heavy atom. The normalized spacial score (nSPS) is 29.1. The van der Waals surface area contributed by atoms with Crippen LogP contribution >= 0.6 is 11.3 Å². The number of anilines is 1. The van der Waals surface area contributed by atoms with E-state index in [4.69, 9.17) is 4.98 Å². The minimum atomic E-state index is 0.769. The zero-order valence-electron chi connectivity index (χ0n) is 10.5. The summed E-state index contributed by atoms with van der Waals surface area (Å²) in [5.41, 5.74) is 1.24. The van der Waals surface area contributed by atoms with E-state index in [1.807, 2.05) is 11.3 Å². The minimum absolute atomic E-state index is 0.769. The molecule has 3 heterocycles. The number of fused-ring (bicyclic) bond motifs is 1. The summed E-state index contributed by atoms with van der Waals surface area (Å²) in [5, 5.41) is 7.12. The summed E-state index contributed by atoms with van der Waals surface area (Å²) < 4.78 is 0. The zero-order chi connectivity index (χ0) is 11.7. The van der Waals surface area contributed by atoms with E-state index >= 15 is 0 Å². The number of thiazole rings is 1. The maximum absolute atomic E-state index is 4.71. The van der Waals surface area contributed by atoms with Gasteiger partial charge in [-0.3, -0.25) is 0 Å². The fourth-order valence-electron chi connectivity index (χ4n) is 3.02. The molecular weight excluding hydrogens is 230 g/mol. The Labute approximate surface area is 107 Å². The van der Waals surface area contributed by atoms with Crippen LogP contribution in [0.1, 0.15) is 31.9 Å². The van der Waals surface area contributed by atoms with Crippen molar-refractivity contribution in [2.24, 2.45) is 5.92 Å². The van der Waals surface area contributed by atoms with Gasteiger partial charge in [-0.25, -0.2) is 4.98 Å². The van der Waals surface area contributed by atoms with Crippen LogP contribution < -0.4 is 10.2 Å². The van der Waals surface area contributed by atoms with E-state index in [9.17, 15) is 0 Å². The summed E-state index contributed by atoms with van der Waals surface area (Å²) in [6.45, 7) is 5.77. The molecule has 0 aromatic carbocycles. The number of piperidine rings is 2. The van der Waals surface area contributed by atoms with Crippen LogP contribution in [0.4, 0.5) is 5.13 Å². The number of aryl methyl sites for hydroxylation is 1. The van der Waals surface area contributed by atoms with Crippen molar-refractivity contribution >= 4 is 16.5 Å². The van der Waals surface area contributed by atoms with Crippen molar-refractivity contribution in [3.8, 4) is 0 Å². The molecular formula is C13H21N3S. The van der Waals surface area contributed by atoms with E-state index < -0.39 is 0 Å². The van der Waals surface area contributed by atoms with Crippen molar-refractivity contribution in [1.82, 2.24) is 10.3 Å². The summed E-state index contributed by atoms with van der Waals surface area (Å²) in [6.07, 6.45) is 5.07. The second-order valence-electron chi connectivity index (χ2n) is 5.17. The van der Waals surface area contributed by atoms with Crippen LogP contribution in [0.2, 0.25) is 0 Å². The number of nitrogens with zero attached hydrogens (tertiary/aromatic N) is 2. The van der Waals surface area contributed by atoms with Crippen molar-refractivity contribution in [2.75, 3.05) is 24.5 Å². The van der Waals surface area contributed by atoms with E-state index in [0.717, 1.165) is 18.4 Å². The van der Waals surface area contributed by atoms with Crippen LogP contribution in [-0.2, 0) is 6.42 Å². The summed E-state index contributed by atoms with van der Waals surface area (Å²) in [7, 11) is 0. The van der Waals surface area contributed by atoms with Crippen molar-refractivity contribution in [3.63, 3.8) is 0 Å². The second kappa shape index (κ2) is 4.94. The molecule has 3 rings (SSSR count). The summed E-state index contributed by atoms with van der Waals surface area (Å²) in [4.78, 5) is 7.21. The largest absolute Gasteiger partial charge is 0.348 e. The van der Waals surface area contributed by atoms with Gasteiger partial charge in [0.05, 0.1) is 5.69 Å². The predicted molar refractivity (Wildman–Crippen MR) is 72.8 cm³/mol. The molecule has 94 valence electrons. The molecule has 4 heteroatoms. The SMILES string of the molecule is CCc1csc(N2CCC3NCCCC3C2)n1. The first-order chi connectivity index (χ1) is 8.36. The van der Waals surface area contributed by atoms with Crippen LogP contribution in [0.25, 0.3) is 0 Å². The van der Waals surface area contributed by atoms with Gasteiger partial charge in [0.1, 0.15) is 0 Å². The van der Waals surface area contributed by atoms with Gasteiger partial charge >= 0.3 is 0 Å². The summed E-state index contributed by atoms with van der Waals surface area (Å²) in [6, 6.07) is 0.769. The number of hydrogen-bond acceptors (Lipinski definition) is 4. The van der Waals surface area contributed by atoms with Crippen LogP contribution in [0.3, 0.4) is 0 Å². The lowest BCUT2D eigenvalue weighted by molar-refractivity contribution is 0.244. The van der Waals surface area contributed by atoms with E-state index in [1.165, 1.54) is 49.7 Å². The number of nitrogens with one attached hydrogen (secondary N) is 1. The third-order valence-electron chi connectivity index (χ3n) is 4.06. The van der Waals surface area contributed by atoms with Gasteiger partial charge in [-0.15, -0.1) is 11.3 Å². The molecule has 2 saturated heterocycles. The van der Waals surface area contributed by atoms with Gasteiger partial charge in [0.2, 0.25) is 0 Å².